The molecule has 0 spiro atoms. The molecule has 0 aliphatic carbocycles. The van der Waals surface area contributed by atoms with Crippen LogP contribution in [0.2, 0.25) is 0 Å². The average molecular weight is 496 g/mol. The van der Waals surface area contributed by atoms with E-state index in [-0.39, 0.29) is 30.5 Å². The molecule has 3 N–H and O–H groups in total. The van der Waals surface area contributed by atoms with Crippen LogP contribution in [0.15, 0.2) is 64.3 Å². The molecule has 0 aliphatic heterocycles. The highest BCUT2D eigenvalue weighted by Gasteiger charge is 2.26. The molecule has 0 saturated carbocycles. The number of aromatic nitrogens is 1. The number of hydrogen-bond acceptors (Lipinski definition) is 3. The summed E-state index contributed by atoms with van der Waals surface area (Å²) in [6.07, 6.45) is 4.66. The number of aliphatic imine (C=N–C) groups is 1. The molecular weight excluding hydrogens is 467 g/mol. The zero-order valence-electron chi connectivity index (χ0n) is 16.4. The molecule has 0 amide bonds. The topological polar surface area (TPSA) is 74.7 Å². The molecular formula is C21H29IN4O2. The summed E-state index contributed by atoms with van der Waals surface area (Å²) in [7, 11) is 0. The van der Waals surface area contributed by atoms with Crippen molar-refractivity contribution in [3.8, 4) is 0 Å². The van der Waals surface area contributed by atoms with Crippen LogP contribution in [0.3, 0.4) is 0 Å². The number of aryl methyl sites for hydroxylation is 1. The van der Waals surface area contributed by atoms with E-state index < -0.39 is 5.60 Å². The molecule has 7 heteroatoms. The Labute approximate surface area is 183 Å². The number of fused-ring (bicyclic) bond motifs is 1. The summed E-state index contributed by atoms with van der Waals surface area (Å²) in [5.74, 6) is 1.21. The van der Waals surface area contributed by atoms with E-state index in [0.29, 0.717) is 11.7 Å². The minimum Gasteiger partial charge on any atom is -0.466 e. The van der Waals surface area contributed by atoms with Gasteiger partial charge in [0.25, 0.3) is 0 Å². The number of aliphatic hydroxyl groups is 1. The summed E-state index contributed by atoms with van der Waals surface area (Å²) < 4.78 is 7.57. The van der Waals surface area contributed by atoms with Crippen molar-refractivity contribution in [3.05, 3.63) is 60.7 Å². The van der Waals surface area contributed by atoms with Gasteiger partial charge in [0.1, 0.15) is 11.4 Å². The van der Waals surface area contributed by atoms with E-state index in [0.717, 1.165) is 26.1 Å². The van der Waals surface area contributed by atoms with E-state index in [4.69, 9.17) is 4.42 Å². The van der Waals surface area contributed by atoms with Crippen molar-refractivity contribution in [1.82, 2.24) is 15.2 Å². The quantitative estimate of drug-likeness (QED) is 0.193. The number of nitrogens with zero attached hydrogens (tertiary/aromatic N) is 2. The molecule has 0 aliphatic rings. The van der Waals surface area contributed by atoms with Crippen molar-refractivity contribution < 1.29 is 9.52 Å². The second-order valence-electron chi connectivity index (χ2n) is 6.79. The third-order valence-electron chi connectivity index (χ3n) is 4.49. The Hall–Kier alpha value is -2.00. The minimum absolute atomic E-state index is 0. The van der Waals surface area contributed by atoms with Gasteiger partial charge in [0.05, 0.1) is 12.8 Å². The second-order valence-corrected chi connectivity index (χ2v) is 6.79. The van der Waals surface area contributed by atoms with E-state index in [9.17, 15) is 5.11 Å². The minimum atomic E-state index is -1.13. The van der Waals surface area contributed by atoms with Gasteiger partial charge < -0.3 is 24.7 Å². The van der Waals surface area contributed by atoms with Gasteiger partial charge in [-0.1, -0.05) is 18.2 Å². The van der Waals surface area contributed by atoms with Gasteiger partial charge in [0, 0.05) is 31.3 Å². The molecule has 6 nitrogen and oxygen atoms in total. The molecule has 0 radical (unpaired) electrons. The van der Waals surface area contributed by atoms with Crippen LogP contribution in [0.25, 0.3) is 10.9 Å². The maximum absolute atomic E-state index is 10.5. The van der Waals surface area contributed by atoms with E-state index in [1.54, 1.807) is 25.3 Å². The maximum Gasteiger partial charge on any atom is 0.191 e. The molecule has 1 aromatic carbocycles. The van der Waals surface area contributed by atoms with Crippen molar-refractivity contribution in [2.45, 2.75) is 32.4 Å². The van der Waals surface area contributed by atoms with Gasteiger partial charge in [-0.15, -0.1) is 24.0 Å². The van der Waals surface area contributed by atoms with Gasteiger partial charge >= 0.3 is 0 Å². The smallest absolute Gasteiger partial charge is 0.191 e. The van der Waals surface area contributed by atoms with Crippen LogP contribution in [0, 0.1) is 0 Å². The molecule has 1 unspecified atom stereocenters. The third kappa shape index (κ3) is 5.75. The molecule has 3 aromatic rings. The third-order valence-corrected chi connectivity index (χ3v) is 4.49. The van der Waals surface area contributed by atoms with Crippen molar-refractivity contribution in [3.63, 3.8) is 0 Å². The van der Waals surface area contributed by atoms with Crippen molar-refractivity contribution in [1.29, 1.82) is 0 Å². The standard InChI is InChI=1S/C21H28N4O2.HI/c1-3-22-20(24-16-21(2,26)19-10-6-15-27-19)23-12-7-13-25-14-11-17-8-4-5-9-18(17)25;/h4-6,8-11,14-15,26H,3,7,12-13,16H2,1-2H3,(H2,22,23,24);1H. The van der Waals surface area contributed by atoms with Crippen LogP contribution in [-0.4, -0.2) is 35.3 Å². The van der Waals surface area contributed by atoms with Crippen molar-refractivity contribution >= 4 is 40.8 Å². The highest BCUT2D eigenvalue weighted by molar-refractivity contribution is 14.0. The van der Waals surface area contributed by atoms with Gasteiger partial charge in [-0.2, -0.15) is 0 Å². The molecule has 1 atom stereocenters. The molecule has 28 heavy (non-hydrogen) atoms. The second kappa shape index (κ2) is 10.5. The predicted molar refractivity (Wildman–Crippen MR) is 124 cm³/mol. The fourth-order valence-electron chi connectivity index (χ4n) is 3.03. The lowest BCUT2D eigenvalue weighted by Gasteiger charge is -2.19. The molecule has 0 fully saturated rings. The van der Waals surface area contributed by atoms with Gasteiger partial charge in [-0.3, -0.25) is 0 Å². The summed E-state index contributed by atoms with van der Waals surface area (Å²) in [5.41, 5.74) is 0.128. The SMILES string of the molecule is CCNC(=NCC(C)(O)c1ccco1)NCCCn1ccc2ccccc21.I. The summed E-state index contributed by atoms with van der Waals surface area (Å²) in [6, 6.07) is 14.1. The maximum atomic E-state index is 10.5. The Morgan fingerprint density at radius 2 is 2.00 bits per heavy atom. The molecule has 2 heterocycles. The lowest BCUT2D eigenvalue weighted by atomic mass is 10.0. The number of halogens is 1. The lowest BCUT2D eigenvalue weighted by molar-refractivity contribution is 0.0437. The summed E-state index contributed by atoms with van der Waals surface area (Å²) in [4.78, 5) is 4.50. The fraction of sp³-hybridized carbons (Fsp3) is 0.381. The van der Waals surface area contributed by atoms with Crippen LogP contribution in [0.4, 0.5) is 0 Å². The van der Waals surface area contributed by atoms with Gasteiger partial charge in [-0.05, 0) is 49.9 Å². The van der Waals surface area contributed by atoms with Crippen molar-refractivity contribution in [2.75, 3.05) is 19.6 Å². The normalized spacial score (nSPS) is 13.8. The predicted octanol–water partition coefficient (Wildman–Crippen LogP) is 3.71. The highest BCUT2D eigenvalue weighted by atomic mass is 127. The van der Waals surface area contributed by atoms with Gasteiger partial charge in [0.15, 0.2) is 5.96 Å². The first-order valence-electron chi connectivity index (χ1n) is 9.42. The zero-order chi connectivity index (χ0) is 19.1. The number of guanidine groups is 1. The molecule has 3 rings (SSSR count). The Bertz CT molecular complexity index is 872. The highest BCUT2D eigenvalue weighted by Crippen LogP contribution is 2.21. The monoisotopic (exact) mass is 496 g/mol. The van der Waals surface area contributed by atoms with Crippen LogP contribution < -0.4 is 10.6 Å². The van der Waals surface area contributed by atoms with E-state index >= 15 is 0 Å². The van der Waals surface area contributed by atoms with Crippen LogP contribution in [-0.2, 0) is 12.1 Å². The molecule has 0 bridgehead atoms. The van der Waals surface area contributed by atoms with E-state index in [1.807, 2.05) is 6.92 Å². The number of nitrogens with one attached hydrogen (secondary N) is 2. The van der Waals surface area contributed by atoms with Crippen LogP contribution >= 0.6 is 24.0 Å². The van der Waals surface area contributed by atoms with Crippen LogP contribution in [0.1, 0.15) is 26.0 Å². The Kier molecular flexibility index (Phi) is 8.37. The molecule has 2 aromatic heterocycles. The number of hydrogen-bond donors (Lipinski definition) is 3. The summed E-state index contributed by atoms with van der Waals surface area (Å²) >= 11 is 0. The average Bonchev–Trinajstić information content (AvgIpc) is 3.34. The number of rotatable bonds is 8. The van der Waals surface area contributed by atoms with E-state index in [1.165, 1.54) is 10.9 Å². The first-order chi connectivity index (χ1) is 13.1. The fourth-order valence-corrected chi connectivity index (χ4v) is 3.03. The first kappa shape index (κ1) is 22.3. The Morgan fingerprint density at radius 3 is 2.75 bits per heavy atom. The summed E-state index contributed by atoms with van der Waals surface area (Å²) in [5, 5.41) is 18.3. The Morgan fingerprint density at radius 1 is 1.18 bits per heavy atom. The van der Waals surface area contributed by atoms with Gasteiger partial charge in [-0.25, -0.2) is 4.99 Å². The number of benzene rings is 1. The first-order valence-corrected chi connectivity index (χ1v) is 9.42. The molecule has 152 valence electrons. The van der Waals surface area contributed by atoms with Gasteiger partial charge in [0.2, 0.25) is 0 Å². The number of para-hydroxylation sites is 1. The zero-order valence-corrected chi connectivity index (χ0v) is 18.7. The largest absolute Gasteiger partial charge is 0.466 e. The molecule has 0 saturated heterocycles. The van der Waals surface area contributed by atoms with E-state index in [2.05, 4.69) is 56.7 Å². The van der Waals surface area contributed by atoms with Crippen molar-refractivity contribution in [2.24, 2.45) is 4.99 Å². The summed E-state index contributed by atoms with van der Waals surface area (Å²) in [6.45, 7) is 6.43. The Balaban J connectivity index is 0.00000280. The number of furan rings is 1. The lowest BCUT2D eigenvalue weighted by Crippen LogP contribution is -2.39. The van der Waals surface area contributed by atoms with Crippen LogP contribution in [0.5, 0.6) is 0 Å².